The van der Waals surface area contributed by atoms with Crippen LogP contribution < -0.4 is 10.2 Å². The van der Waals surface area contributed by atoms with Crippen molar-refractivity contribution in [3.8, 4) is 5.82 Å². The lowest BCUT2D eigenvalue weighted by Crippen LogP contribution is -2.53. The molecule has 0 saturated carbocycles. The number of pyridine rings is 1. The fourth-order valence-corrected chi connectivity index (χ4v) is 4.83. The molecule has 1 spiro atoms. The van der Waals surface area contributed by atoms with Crippen molar-refractivity contribution in [2.75, 3.05) is 50.1 Å². The average Bonchev–Trinajstić information content (AvgIpc) is 3.32. The molecule has 3 aromatic rings. The van der Waals surface area contributed by atoms with Crippen molar-refractivity contribution in [3.05, 3.63) is 29.8 Å². The molecule has 1 N–H and O–H groups in total. The highest BCUT2D eigenvalue weighted by molar-refractivity contribution is 5.95. The summed E-state index contributed by atoms with van der Waals surface area (Å²) >= 11 is 0. The van der Waals surface area contributed by atoms with Crippen LogP contribution in [0.2, 0.25) is 0 Å². The molecule has 0 aliphatic carbocycles. The van der Waals surface area contributed by atoms with Crippen LogP contribution in [0.3, 0.4) is 0 Å². The van der Waals surface area contributed by atoms with Gasteiger partial charge in [0.1, 0.15) is 5.82 Å². The Labute approximate surface area is 201 Å². The highest BCUT2D eigenvalue weighted by Gasteiger charge is 2.42. The molecule has 3 aromatic heterocycles. The lowest BCUT2D eigenvalue weighted by Gasteiger charge is -2.40. The number of nitrogens with zero attached hydrogens (tertiary/aromatic N) is 7. The summed E-state index contributed by atoms with van der Waals surface area (Å²) in [6.07, 6.45) is 2.56. The van der Waals surface area contributed by atoms with E-state index < -0.39 is 11.7 Å². The summed E-state index contributed by atoms with van der Waals surface area (Å²) in [5.41, 5.74) is 0.703. The van der Waals surface area contributed by atoms with Crippen LogP contribution in [0.25, 0.3) is 16.7 Å². The summed E-state index contributed by atoms with van der Waals surface area (Å²) in [4.78, 5) is 28.5. The number of fused-ring (bicyclic) bond motifs is 1. The van der Waals surface area contributed by atoms with Gasteiger partial charge in [-0.05, 0) is 20.4 Å². The van der Waals surface area contributed by atoms with Crippen molar-refractivity contribution >= 4 is 28.4 Å². The van der Waals surface area contributed by atoms with Crippen LogP contribution in [0.5, 0.6) is 0 Å². The first-order valence-corrected chi connectivity index (χ1v) is 11.5. The molecule has 12 heteroatoms. The lowest BCUT2D eigenvalue weighted by atomic mass is 10.0. The number of amides is 1. The van der Waals surface area contributed by atoms with Gasteiger partial charge in [-0.25, -0.2) is 19.6 Å². The summed E-state index contributed by atoms with van der Waals surface area (Å²) in [5, 5.41) is 8.23. The molecule has 1 unspecified atom stereocenters. The zero-order valence-electron chi connectivity index (χ0n) is 20.2. The van der Waals surface area contributed by atoms with Gasteiger partial charge in [0.05, 0.1) is 23.1 Å². The molecule has 1 amide bonds. The zero-order valence-corrected chi connectivity index (χ0v) is 20.2. The van der Waals surface area contributed by atoms with Crippen LogP contribution in [0.1, 0.15) is 31.8 Å². The molecule has 0 aromatic carbocycles. The number of carbonyl (C=O) groups excluding carboxylic acids is 1. The van der Waals surface area contributed by atoms with E-state index in [0.717, 1.165) is 31.8 Å². The Hall–Kier alpha value is -3.25. The van der Waals surface area contributed by atoms with Gasteiger partial charge in [0.2, 0.25) is 11.7 Å². The summed E-state index contributed by atoms with van der Waals surface area (Å²) in [6, 6.07) is 3.28. The number of aryl methyl sites for hydroxylation is 1. The maximum Gasteiger partial charge on any atom is 0.303 e. The Kier molecular flexibility index (Phi) is 5.67. The first-order valence-electron chi connectivity index (χ1n) is 11.5. The van der Waals surface area contributed by atoms with Gasteiger partial charge in [-0.3, -0.25) is 4.79 Å². The van der Waals surface area contributed by atoms with Gasteiger partial charge in [0.25, 0.3) is 0 Å². The maximum absolute atomic E-state index is 14.1. The van der Waals surface area contributed by atoms with Gasteiger partial charge in [-0.2, -0.15) is 8.78 Å². The van der Waals surface area contributed by atoms with E-state index in [1.54, 1.807) is 25.3 Å². The predicted octanol–water partition coefficient (Wildman–Crippen LogP) is 2.50. The number of rotatable bonds is 4. The van der Waals surface area contributed by atoms with Crippen LogP contribution in [-0.4, -0.2) is 81.0 Å². The number of likely N-dealkylation sites (N-methyl/N-ethyl adjacent to an activating group) is 1. The quantitative estimate of drug-likeness (QED) is 0.600. The van der Waals surface area contributed by atoms with E-state index in [4.69, 9.17) is 9.84 Å². The second-order valence-corrected chi connectivity index (χ2v) is 9.52. The number of ether oxygens (including phenoxy) is 1. The molecule has 5 rings (SSSR count). The third-order valence-corrected chi connectivity index (χ3v) is 6.36. The van der Waals surface area contributed by atoms with Crippen molar-refractivity contribution in [2.45, 2.75) is 38.7 Å². The number of likely N-dealkylation sites (tertiary alicyclic amines) is 1. The van der Waals surface area contributed by atoms with Gasteiger partial charge >= 0.3 is 5.92 Å². The zero-order chi connectivity index (χ0) is 25.0. The molecule has 2 aliphatic rings. The fraction of sp³-hybridized carbons (Fsp3) is 0.522. The summed E-state index contributed by atoms with van der Waals surface area (Å²) in [5.74, 6) is -2.84. The first-order chi connectivity index (χ1) is 16.5. The van der Waals surface area contributed by atoms with Crippen molar-refractivity contribution in [2.24, 2.45) is 0 Å². The van der Waals surface area contributed by atoms with E-state index >= 15 is 0 Å². The summed E-state index contributed by atoms with van der Waals surface area (Å²) in [7, 11) is 2.08. The molecule has 2 aliphatic heterocycles. The molecule has 10 nitrogen and oxygen atoms in total. The Morgan fingerprint density at radius 3 is 2.71 bits per heavy atom. The Bertz CT molecular complexity index is 1290. The van der Waals surface area contributed by atoms with Crippen LogP contribution >= 0.6 is 0 Å². The molecule has 0 bridgehead atoms. The maximum atomic E-state index is 14.1. The Morgan fingerprint density at radius 2 is 2.03 bits per heavy atom. The van der Waals surface area contributed by atoms with E-state index in [1.807, 2.05) is 0 Å². The van der Waals surface area contributed by atoms with E-state index in [9.17, 15) is 13.6 Å². The fourth-order valence-electron chi connectivity index (χ4n) is 4.83. The number of hydrogen-bond donors (Lipinski definition) is 1. The van der Waals surface area contributed by atoms with Gasteiger partial charge in [0.15, 0.2) is 11.6 Å². The SMILES string of the molecule is CC(=O)Nc1cc2c(cn1)c(N1CCOC3(CCN(C)C3)C1)nn2-c1cc(C)nc(C(C)(F)F)n1. The third kappa shape index (κ3) is 4.55. The number of alkyl halides is 2. The number of hydrogen-bond acceptors (Lipinski definition) is 8. The van der Waals surface area contributed by atoms with Crippen molar-refractivity contribution in [1.29, 1.82) is 0 Å². The van der Waals surface area contributed by atoms with Gasteiger partial charge < -0.3 is 19.9 Å². The largest absolute Gasteiger partial charge is 0.370 e. The molecule has 186 valence electrons. The minimum Gasteiger partial charge on any atom is -0.370 e. The number of morpholine rings is 1. The second kappa shape index (κ2) is 8.45. The van der Waals surface area contributed by atoms with Crippen LogP contribution in [0, 0.1) is 6.92 Å². The standard InChI is InChI=1S/C23H28F2N8O2/c1-14-9-19(29-21(27-14)22(3,24)25)33-17-10-18(28-15(2)34)26-11-16(17)20(30-33)32-7-8-35-23(13-32)5-6-31(4)12-23/h9-11H,5-8,12-13H2,1-4H3,(H,26,28,34). The van der Waals surface area contributed by atoms with Crippen molar-refractivity contribution in [1.82, 2.24) is 29.6 Å². The lowest BCUT2D eigenvalue weighted by molar-refractivity contribution is -0.114. The Balaban J connectivity index is 1.64. The average molecular weight is 487 g/mol. The van der Waals surface area contributed by atoms with Gasteiger partial charge in [-0.1, -0.05) is 0 Å². The Morgan fingerprint density at radius 1 is 1.23 bits per heavy atom. The van der Waals surface area contributed by atoms with Crippen LogP contribution in [0.4, 0.5) is 20.4 Å². The molecule has 2 fully saturated rings. The highest BCUT2D eigenvalue weighted by atomic mass is 19.3. The minimum absolute atomic E-state index is 0.217. The predicted molar refractivity (Wildman–Crippen MR) is 126 cm³/mol. The molecule has 35 heavy (non-hydrogen) atoms. The number of halogens is 2. The van der Waals surface area contributed by atoms with E-state index in [2.05, 4.69) is 37.1 Å². The van der Waals surface area contributed by atoms with E-state index in [-0.39, 0.29) is 17.3 Å². The number of aromatic nitrogens is 5. The molecule has 0 radical (unpaired) electrons. The van der Waals surface area contributed by atoms with Crippen LogP contribution in [0.15, 0.2) is 18.3 Å². The summed E-state index contributed by atoms with van der Waals surface area (Å²) in [6.45, 7) is 7.42. The number of nitrogens with one attached hydrogen (secondary N) is 1. The van der Waals surface area contributed by atoms with E-state index in [1.165, 1.54) is 11.6 Å². The molecular weight excluding hydrogens is 458 g/mol. The third-order valence-electron chi connectivity index (χ3n) is 6.36. The minimum atomic E-state index is -3.21. The molecule has 2 saturated heterocycles. The van der Waals surface area contributed by atoms with Crippen molar-refractivity contribution in [3.63, 3.8) is 0 Å². The summed E-state index contributed by atoms with van der Waals surface area (Å²) < 4.78 is 35.9. The molecule has 1 atom stereocenters. The van der Waals surface area contributed by atoms with Gasteiger partial charge in [0, 0.05) is 64.1 Å². The van der Waals surface area contributed by atoms with E-state index in [0.29, 0.717) is 42.5 Å². The second-order valence-electron chi connectivity index (χ2n) is 9.52. The van der Waals surface area contributed by atoms with Crippen molar-refractivity contribution < 1.29 is 18.3 Å². The molecule has 5 heterocycles. The normalized spacial score (nSPS) is 21.3. The monoisotopic (exact) mass is 486 g/mol. The number of anilines is 2. The van der Waals surface area contributed by atoms with Crippen LogP contribution in [-0.2, 0) is 15.5 Å². The smallest absolute Gasteiger partial charge is 0.303 e. The molecular formula is C23H28F2N8O2. The number of carbonyl (C=O) groups is 1. The first kappa shape index (κ1) is 23.5. The topological polar surface area (TPSA) is 101 Å². The highest BCUT2D eigenvalue weighted by Crippen LogP contribution is 2.35. The van der Waals surface area contributed by atoms with Gasteiger partial charge in [-0.15, -0.1) is 5.10 Å².